The summed E-state index contributed by atoms with van der Waals surface area (Å²) in [5, 5.41) is 3.32. The molecule has 0 bridgehead atoms. The van der Waals surface area contributed by atoms with Crippen LogP contribution in [0.3, 0.4) is 0 Å². The Morgan fingerprint density at radius 3 is 3.00 bits per heavy atom. The van der Waals surface area contributed by atoms with Crippen molar-refractivity contribution in [1.29, 1.82) is 0 Å². The number of amides is 1. The largest absolute Gasteiger partial charge is 0.497 e. The number of fused-ring (bicyclic) bond motifs is 3. The Balaban J connectivity index is 2.09. The monoisotopic (exact) mass is 246 g/mol. The lowest BCUT2D eigenvalue weighted by Crippen LogP contribution is -2.48. The summed E-state index contributed by atoms with van der Waals surface area (Å²) in [7, 11) is 3.51. The topological polar surface area (TPSA) is 41.6 Å². The molecular formula is C14H18N2O2. The lowest BCUT2D eigenvalue weighted by molar-refractivity contribution is -0.123. The SMILES string of the molecule is COc1ccc2c(c1)N(C)C(=O)C1CNCCC21. The molecule has 4 heteroatoms. The predicted octanol–water partition coefficient (Wildman–Crippen LogP) is 1.36. The molecule has 2 aliphatic rings. The summed E-state index contributed by atoms with van der Waals surface area (Å²) in [6.45, 7) is 1.78. The maximum atomic E-state index is 12.4. The number of nitrogens with zero attached hydrogens (tertiary/aromatic N) is 1. The van der Waals surface area contributed by atoms with E-state index in [4.69, 9.17) is 4.74 Å². The zero-order chi connectivity index (χ0) is 12.7. The molecule has 1 fully saturated rings. The summed E-state index contributed by atoms with van der Waals surface area (Å²) in [6.07, 6.45) is 1.03. The van der Waals surface area contributed by atoms with Crippen molar-refractivity contribution >= 4 is 11.6 Å². The average Bonchev–Trinajstić information content (AvgIpc) is 2.44. The molecule has 0 spiro atoms. The summed E-state index contributed by atoms with van der Waals surface area (Å²) in [6, 6.07) is 6.06. The van der Waals surface area contributed by atoms with Crippen molar-refractivity contribution in [3.05, 3.63) is 23.8 Å². The molecule has 0 aliphatic carbocycles. The first kappa shape index (κ1) is 11.5. The number of hydrogen-bond acceptors (Lipinski definition) is 3. The predicted molar refractivity (Wildman–Crippen MR) is 70.1 cm³/mol. The van der Waals surface area contributed by atoms with Crippen LogP contribution in [-0.2, 0) is 4.79 Å². The second kappa shape index (κ2) is 4.28. The van der Waals surface area contributed by atoms with E-state index in [0.717, 1.165) is 30.9 Å². The third-order valence-electron chi connectivity index (χ3n) is 4.13. The molecule has 0 radical (unpaired) electrons. The number of carbonyl (C=O) groups is 1. The molecule has 1 N–H and O–H groups in total. The Morgan fingerprint density at radius 2 is 2.22 bits per heavy atom. The number of rotatable bonds is 1. The highest BCUT2D eigenvalue weighted by Crippen LogP contribution is 2.43. The molecule has 2 atom stereocenters. The van der Waals surface area contributed by atoms with E-state index in [-0.39, 0.29) is 11.8 Å². The maximum Gasteiger partial charge on any atom is 0.231 e. The van der Waals surface area contributed by atoms with Gasteiger partial charge in [-0.15, -0.1) is 0 Å². The Kier molecular flexibility index (Phi) is 2.74. The van der Waals surface area contributed by atoms with E-state index in [2.05, 4.69) is 11.4 Å². The van der Waals surface area contributed by atoms with Gasteiger partial charge < -0.3 is 15.0 Å². The van der Waals surface area contributed by atoms with Gasteiger partial charge in [-0.2, -0.15) is 0 Å². The zero-order valence-electron chi connectivity index (χ0n) is 10.8. The third-order valence-corrected chi connectivity index (χ3v) is 4.13. The molecule has 0 saturated carbocycles. The highest BCUT2D eigenvalue weighted by Gasteiger charge is 2.40. The standard InChI is InChI=1S/C14H18N2O2/c1-16-13-7-9(18-2)3-4-11(13)10-5-6-15-8-12(10)14(16)17/h3-4,7,10,12,15H,5-6,8H2,1-2H3. The fourth-order valence-electron chi connectivity index (χ4n) is 3.11. The lowest BCUT2D eigenvalue weighted by Gasteiger charge is -2.40. The number of anilines is 1. The minimum Gasteiger partial charge on any atom is -0.497 e. The van der Waals surface area contributed by atoms with Crippen LogP contribution in [0, 0.1) is 5.92 Å². The normalized spacial score (nSPS) is 26.6. The van der Waals surface area contributed by atoms with Crippen LogP contribution in [0.4, 0.5) is 5.69 Å². The van der Waals surface area contributed by atoms with Crippen LogP contribution in [0.15, 0.2) is 18.2 Å². The van der Waals surface area contributed by atoms with E-state index >= 15 is 0 Å². The summed E-state index contributed by atoms with van der Waals surface area (Å²) >= 11 is 0. The quantitative estimate of drug-likeness (QED) is 0.813. The molecule has 0 aromatic heterocycles. The minimum atomic E-state index is 0.0876. The van der Waals surface area contributed by atoms with Gasteiger partial charge in [0.2, 0.25) is 5.91 Å². The van der Waals surface area contributed by atoms with Gasteiger partial charge >= 0.3 is 0 Å². The molecule has 18 heavy (non-hydrogen) atoms. The molecule has 1 amide bonds. The number of nitrogens with one attached hydrogen (secondary N) is 1. The van der Waals surface area contributed by atoms with Crippen LogP contribution in [0.1, 0.15) is 17.9 Å². The van der Waals surface area contributed by atoms with Crippen LogP contribution in [0.5, 0.6) is 5.75 Å². The van der Waals surface area contributed by atoms with E-state index in [1.165, 1.54) is 5.56 Å². The first-order valence-electron chi connectivity index (χ1n) is 6.38. The van der Waals surface area contributed by atoms with Crippen molar-refractivity contribution in [3.8, 4) is 5.75 Å². The van der Waals surface area contributed by atoms with Crippen LogP contribution >= 0.6 is 0 Å². The molecule has 1 saturated heterocycles. The molecule has 3 rings (SSSR count). The molecule has 1 aromatic rings. The maximum absolute atomic E-state index is 12.4. The molecule has 1 aromatic carbocycles. The van der Waals surface area contributed by atoms with E-state index in [9.17, 15) is 4.79 Å². The average molecular weight is 246 g/mol. The van der Waals surface area contributed by atoms with E-state index in [0.29, 0.717) is 5.92 Å². The van der Waals surface area contributed by atoms with E-state index < -0.39 is 0 Å². The van der Waals surface area contributed by atoms with Gasteiger partial charge in [0.25, 0.3) is 0 Å². The number of carbonyl (C=O) groups excluding carboxylic acids is 1. The van der Waals surface area contributed by atoms with Gasteiger partial charge in [0.05, 0.1) is 18.7 Å². The number of methoxy groups -OCH3 is 1. The molecule has 2 aliphatic heterocycles. The summed E-state index contributed by atoms with van der Waals surface area (Å²) in [4.78, 5) is 14.1. The third kappa shape index (κ3) is 1.60. The van der Waals surface area contributed by atoms with Crippen LogP contribution in [-0.4, -0.2) is 33.2 Å². The van der Waals surface area contributed by atoms with Crippen molar-refractivity contribution in [3.63, 3.8) is 0 Å². The van der Waals surface area contributed by atoms with Crippen molar-refractivity contribution in [1.82, 2.24) is 5.32 Å². The summed E-state index contributed by atoms with van der Waals surface area (Å²) in [5.74, 6) is 1.47. The van der Waals surface area contributed by atoms with Crippen LogP contribution < -0.4 is 15.0 Å². The summed E-state index contributed by atoms with van der Waals surface area (Å²) in [5.41, 5.74) is 2.28. The first-order valence-corrected chi connectivity index (χ1v) is 6.38. The highest BCUT2D eigenvalue weighted by atomic mass is 16.5. The highest BCUT2D eigenvalue weighted by molar-refractivity contribution is 5.99. The Hall–Kier alpha value is -1.55. The molecule has 2 heterocycles. The fraction of sp³-hybridized carbons (Fsp3) is 0.500. The van der Waals surface area contributed by atoms with Crippen molar-refractivity contribution in [2.24, 2.45) is 5.92 Å². The first-order chi connectivity index (χ1) is 8.72. The van der Waals surface area contributed by atoms with Crippen LogP contribution in [0.2, 0.25) is 0 Å². The van der Waals surface area contributed by atoms with Crippen molar-refractivity contribution < 1.29 is 9.53 Å². The Morgan fingerprint density at radius 1 is 1.39 bits per heavy atom. The minimum absolute atomic E-state index is 0.0876. The van der Waals surface area contributed by atoms with E-state index in [1.807, 2.05) is 19.2 Å². The van der Waals surface area contributed by atoms with Gasteiger partial charge in [0.15, 0.2) is 0 Å². The van der Waals surface area contributed by atoms with E-state index in [1.54, 1.807) is 12.0 Å². The van der Waals surface area contributed by atoms with Crippen molar-refractivity contribution in [2.75, 3.05) is 32.1 Å². The van der Waals surface area contributed by atoms with Crippen LogP contribution in [0.25, 0.3) is 0 Å². The fourth-order valence-corrected chi connectivity index (χ4v) is 3.11. The second-order valence-corrected chi connectivity index (χ2v) is 5.03. The lowest BCUT2D eigenvalue weighted by atomic mass is 9.77. The number of hydrogen-bond donors (Lipinski definition) is 1. The van der Waals surface area contributed by atoms with Gasteiger partial charge in [0, 0.05) is 19.7 Å². The van der Waals surface area contributed by atoms with Gasteiger partial charge in [-0.1, -0.05) is 6.07 Å². The Bertz CT molecular complexity index is 487. The number of ether oxygens (including phenoxy) is 1. The summed E-state index contributed by atoms with van der Waals surface area (Å²) < 4.78 is 5.25. The number of benzene rings is 1. The number of piperidine rings is 1. The van der Waals surface area contributed by atoms with Gasteiger partial charge in [-0.3, -0.25) is 4.79 Å². The van der Waals surface area contributed by atoms with Crippen molar-refractivity contribution in [2.45, 2.75) is 12.3 Å². The molecular weight excluding hydrogens is 228 g/mol. The Labute approximate surface area is 107 Å². The molecule has 4 nitrogen and oxygen atoms in total. The van der Waals surface area contributed by atoms with Gasteiger partial charge in [-0.05, 0) is 30.5 Å². The zero-order valence-corrected chi connectivity index (χ0v) is 10.8. The molecule has 2 unspecified atom stereocenters. The van der Waals surface area contributed by atoms with Gasteiger partial charge in [0.1, 0.15) is 5.75 Å². The smallest absolute Gasteiger partial charge is 0.231 e. The van der Waals surface area contributed by atoms with Gasteiger partial charge in [-0.25, -0.2) is 0 Å². The molecule has 96 valence electrons. The second-order valence-electron chi connectivity index (χ2n) is 5.03.